The first-order valence-corrected chi connectivity index (χ1v) is 20.6. The molecule has 0 radical (unpaired) electrons. The van der Waals surface area contributed by atoms with Crippen molar-refractivity contribution < 1.29 is 33.4 Å². The fourth-order valence-corrected chi connectivity index (χ4v) is 9.71. The number of ether oxygens (including phenoxy) is 3. The van der Waals surface area contributed by atoms with Crippen molar-refractivity contribution in [2.24, 2.45) is 40.4 Å². The first-order chi connectivity index (χ1) is 26.0. The number of carbonyl (C=O) groups excluding carboxylic acids is 4. The lowest BCUT2D eigenvalue weighted by molar-refractivity contribution is -0.154. The van der Waals surface area contributed by atoms with Crippen molar-refractivity contribution in [3.8, 4) is 11.5 Å². The molecule has 0 aliphatic heterocycles. The van der Waals surface area contributed by atoms with Crippen LogP contribution in [0.15, 0.2) is 54.6 Å². The van der Waals surface area contributed by atoms with E-state index in [1.165, 1.54) is 5.57 Å². The molecule has 4 aliphatic carbocycles. The fraction of sp³-hybridized carbons (Fsp3) is 0.583. The third-order valence-electron chi connectivity index (χ3n) is 13.0. The first kappa shape index (κ1) is 40.7. The van der Waals surface area contributed by atoms with E-state index in [0.29, 0.717) is 30.9 Å². The fourth-order valence-electron chi connectivity index (χ4n) is 9.71. The number of Topliss-reactive ketones (excluding diaryl/α,β-unsaturated/α-hetero) is 3. The smallest absolute Gasteiger partial charge is 0.306 e. The van der Waals surface area contributed by atoms with Crippen LogP contribution in [-0.2, 0) is 23.9 Å². The molecule has 6 rings (SSSR count). The molecule has 0 saturated heterocycles. The quantitative estimate of drug-likeness (QED) is 0.124. The summed E-state index contributed by atoms with van der Waals surface area (Å²) in [5, 5.41) is 1.96. The summed E-state index contributed by atoms with van der Waals surface area (Å²) in [7, 11) is 1.68. The van der Waals surface area contributed by atoms with Crippen LogP contribution in [0.5, 0.6) is 11.5 Å². The van der Waals surface area contributed by atoms with E-state index in [2.05, 4.69) is 51.6 Å². The Balaban J connectivity index is 1.34. The van der Waals surface area contributed by atoms with Gasteiger partial charge >= 0.3 is 5.97 Å². The minimum absolute atomic E-state index is 0.0115. The Morgan fingerprint density at radius 1 is 0.982 bits per heavy atom. The Morgan fingerprint density at radius 2 is 1.69 bits per heavy atom. The molecule has 0 bridgehead atoms. The molecule has 0 N–H and O–H groups in total. The van der Waals surface area contributed by atoms with Gasteiger partial charge in [0.1, 0.15) is 41.1 Å². The Kier molecular flexibility index (Phi) is 12.0. The standard InChI is InChI=1S/C48H62O7/c1-10-34-26-48(34,30(5)49)27-42(50)39-23-36(24-40(39)46(52)41(47(6,7)8)25-45(51)55-35-13-11-12-14-35)54-44-22-33(32-16-15-31(20-32)19-28(2)3)21-38-29(4)43(53-9)18-17-37(38)44/h10,16-18,20-22,28,34-36,39-41H,1,11-15,19,23-27H2,2-9H3. The van der Waals surface area contributed by atoms with E-state index in [1.54, 1.807) is 20.1 Å². The van der Waals surface area contributed by atoms with Crippen molar-refractivity contribution in [1.82, 2.24) is 0 Å². The number of allylic oxidation sites excluding steroid dienone is 5. The summed E-state index contributed by atoms with van der Waals surface area (Å²) in [5.41, 5.74) is 3.34. The van der Waals surface area contributed by atoms with Gasteiger partial charge in [0, 0.05) is 35.0 Å². The van der Waals surface area contributed by atoms with Crippen molar-refractivity contribution in [2.75, 3.05) is 7.11 Å². The summed E-state index contributed by atoms with van der Waals surface area (Å²) >= 11 is 0. The van der Waals surface area contributed by atoms with Crippen molar-refractivity contribution in [3.63, 3.8) is 0 Å². The summed E-state index contributed by atoms with van der Waals surface area (Å²) in [6, 6.07) is 8.29. The van der Waals surface area contributed by atoms with Gasteiger partial charge in [0.2, 0.25) is 0 Å². The number of benzene rings is 2. The zero-order valence-corrected chi connectivity index (χ0v) is 34.4. The van der Waals surface area contributed by atoms with E-state index in [0.717, 1.165) is 71.7 Å². The van der Waals surface area contributed by atoms with Crippen LogP contribution >= 0.6 is 0 Å². The molecule has 6 atom stereocenters. The average Bonchev–Trinajstić information content (AvgIpc) is 3.53. The van der Waals surface area contributed by atoms with Gasteiger partial charge in [-0.05, 0) is 135 Å². The molecule has 296 valence electrons. The first-order valence-electron chi connectivity index (χ1n) is 20.6. The normalized spacial score (nSPS) is 25.8. The Morgan fingerprint density at radius 3 is 2.31 bits per heavy atom. The molecular weight excluding hydrogens is 689 g/mol. The summed E-state index contributed by atoms with van der Waals surface area (Å²) in [6.45, 7) is 18.0. The van der Waals surface area contributed by atoms with Gasteiger partial charge in [0.15, 0.2) is 0 Å². The lowest BCUT2D eigenvalue weighted by Crippen LogP contribution is -2.39. The van der Waals surface area contributed by atoms with Gasteiger partial charge < -0.3 is 14.2 Å². The average molecular weight is 751 g/mol. The molecule has 6 unspecified atom stereocenters. The molecular formula is C48H62O7. The molecule has 0 spiro atoms. The maximum Gasteiger partial charge on any atom is 0.306 e. The van der Waals surface area contributed by atoms with Crippen LogP contribution in [0.25, 0.3) is 16.3 Å². The molecule has 2 aromatic rings. The van der Waals surface area contributed by atoms with Crippen LogP contribution in [0.4, 0.5) is 0 Å². The number of esters is 1. The van der Waals surface area contributed by atoms with Gasteiger partial charge in [0.25, 0.3) is 0 Å². The molecule has 2 aromatic carbocycles. The Labute approximate surface area is 328 Å². The molecule has 7 nitrogen and oxygen atoms in total. The molecule has 4 aliphatic rings. The number of ketones is 3. The SMILES string of the molecule is C=CC1CC1(CC(=O)C1CC(Oc2cc(C3=CCC(CC(C)C)=C3)cc3c(C)c(OC)ccc23)CC1C(=O)C(CC(=O)OC1CCCC1)C(C)(C)C)C(C)=O. The predicted octanol–water partition coefficient (Wildman–Crippen LogP) is 10.5. The third-order valence-corrected chi connectivity index (χ3v) is 13.0. The van der Waals surface area contributed by atoms with Crippen LogP contribution < -0.4 is 9.47 Å². The van der Waals surface area contributed by atoms with Gasteiger partial charge in [-0.1, -0.05) is 58.4 Å². The summed E-state index contributed by atoms with van der Waals surface area (Å²) < 4.78 is 18.5. The molecule has 0 amide bonds. The van der Waals surface area contributed by atoms with E-state index < -0.39 is 34.7 Å². The molecule has 3 saturated carbocycles. The van der Waals surface area contributed by atoms with Crippen molar-refractivity contribution in [1.29, 1.82) is 0 Å². The van der Waals surface area contributed by atoms with Gasteiger partial charge in [-0.15, -0.1) is 6.58 Å². The number of rotatable bonds is 16. The van der Waals surface area contributed by atoms with Crippen molar-refractivity contribution in [2.45, 2.75) is 131 Å². The zero-order valence-electron chi connectivity index (χ0n) is 34.4. The largest absolute Gasteiger partial charge is 0.496 e. The molecule has 7 heteroatoms. The van der Waals surface area contributed by atoms with E-state index in [9.17, 15) is 19.2 Å². The minimum atomic E-state index is -0.752. The van der Waals surface area contributed by atoms with Crippen LogP contribution in [0.2, 0.25) is 0 Å². The molecule has 0 aromatic heterocycles. The number of carbonyl (C=O) groups is 4. The van der Waals surface area contributed by atoms with E-state index in [4.69, 9.17) is 14.2 Å². The zero-order chi connectivity index (χ0) is 39.8. The van der Waals surface area contributed by atoms with Crippen LogP contribution in [0.1, 0.15) is 123 Å². The lowest BCUT2D eigenvalue weighted by atomic mass is 9.70. The number of hydrogen-bond donors (Lipinski definition) is 0. The summed E-state index contributed by atoms with van der Waals surface area (Å²) in [4.78, 5) is 55.5. The van der Waals surface area contributed by atoms with E-state index >= 15 is 0 Å². The second-order valence-electron chi connectivity index (χ2n) is 18.5. The lowest BCUT2D eigenvalue weighted by Gasteiger charge is -2.32. The molecule has 0 heterocycles. The van der Waals surface area contributed by atoms with E-state index in [1.807, 2.05) is 32.9 Å². The second-order valence-corrected chi connectivity index (χ2v) is 18.5. The maximum atomic E-state index is 14.8. The van der Waals surface area contributed by atoms with Gasteiger partial charge in [0.05, 0.1) is 13.5 Å². The van der Waals surface area contributed by atoms with Gasteiger partial charge in [-0.3, -0.25) is 19.2 Å². The molecule has 3 fully saturated rings. The maximum absolute atomic E-state index is 14.8. The second kappa shape index (κ2) is 16.2. The van der Waals surface area contributed by atoms with Gasteiger partial charge in [-0.2, -0.15) is 0 Å². The molecule has 55 heavy (non-hydrogen) atoms. The topological polar surface area (TPSA) is 96.0 Å². The van der Waals surface area contributed by atoms with Gasteiger partial charge in [-0.25, -0.2) is 0 Å². The minimum Gasteiger partial charge on any atom is -0.496 e. The number of methoxy groups -OCH3 is 1. The van der Waals surface area contributed by atoms with E-state index in [-0.39, 0.29) is 48.2 Å². The Hall–Kier alpha value is -4.00. The summed E-state index contributed by atoms with van der Waals surface area (Å²) in [6.07, 6.45) is 13.0. The number of fused-ring (bicyclic) bond motifs is 1. The monoisotopic (exact) mass is 750 g/mol. The number of aryl methyl sites for hydroxylation is 1. The van der Waals surface area contributed by atoms with Crippen LogP contribution in [-0.4, -0.2) is 42.6 Å². The highest BCUT2D eigenvalue weighted by atomic mass is 16.5. The van der Waals surface area contributed by atoms with Crippen LogP contribution in [0, 0.1) is 47.3 Å². The highest BCUT2D eigenvalue weighted by Gasteiger charge is 2.59. The third kappa shape index (κ3) is 8.71. The van der Waals surface area contributed by atoms with Crippen molar-refractivity contribution in [3.05, 3.63) is 65.8 Å². The highest BCUT2D eigenvalue weighted by molar-refractivity contribution is 5.98. The van der Waals surface area contributed by atoms with Crippen molar-refractivity contribution >= 4 is 39.7 Å². The predicted molar refractivity (Wildman–Crippen MR) is 218 cm³/mol. The highest BCUT2D eigenvalue weighted by Crippen LogP contribution is 2.58. The number of hydrogen-bond acceptors (Lipinski definition) is 7. The Bertz CT molecular complexity index is 1900. The summed E-state index contributed by atoms with van der Waals surface area (Å²) in [5.74, 6) is -0.431. The van der Waals surface area contributed by atoms with Crippen LogP contribution in [0.3, 0.4) is 0 Å².